The van der Waals surface area contributed by atoms with Gasteiger partial charge in [0.2, 0.25) is 0 Å². The smallest absolute Gasteiger partial charge is 0.124 e. The lowest BCUT2D eigenvalue weighted by Crippen LogP contribution is -2.47. The molecule has 1 aliphatic heterocycles. The van der Waals surface area contributed by atoms with Gasteiger partial charge in [0.25, 0.3) is 0 Å². The monoisotopic (exact) mass is 354 g/mol. The van der Waals surface area contributed by atoms with Crippen molar-refractivity contribution in [2.45, 2.75) is 38.1 Å². The number of benzene rings is 1. The van der Waals surface area contributed by atoms with E-state index in [1.165, 1.54) is 32.1 Å². The normalized spacial score (nSPS) is 23.1. The number of nitrogens with one attached hydrogen (secondary N) is 1. The van der Waals surface area contributed by atoms with Crippen LogP contribution in [0.5, 0.6) is 0 Å². The van der Waals surface area contributed by atoms with E-state index in [1.807, 2.05) is 0 Å². The van der Waals surface area contributed by atoms with Crippen LogP contribution in [-0.2, 0) is 0 Å². The van der Waals surface area contributed by atoms with Crippen molar-refractivity contribution in [2.24, 2.45) is 5.92 Å². The Morgan fingerprint density at radius 2 is 1.81 bits per heavy atom. The SMILES string of the molecule is Fc1cc(Br)cc([C@H](C2CCCCC2)N2CCNCC2)c1. The third kappa shape index (κ3) is 3.85. The second kappa shape index (κ2) is 7.21. The van der Waals surface area contributed by atoms with Gasteiger partial charge in [-0.3, -0.25) is 4.90 Å². The zero-order valence-corrected chi connectivity index (χ0v) is 14.0. The third-order valence-corrected chi connectivity index (χ3v) is 5.33. The summed E-state index contributed by atoms with van der Waals surface area (Å²) in [6, 6.07) is 5.79. The summed E-state index contributed by atoms with van der Waals surface area (Å²) in [6.07, 6.45) is 6.57. The van der Waals surface area contributed by atoms with Crippen molar-refractivity contribution in [1.29, 1.82) is 0 Å². The fourth-order valence-electron chi connectivity index (χ4n) is 3.94. The van der Waals surface area contributed by atoms with Crippen LogP contribution in [0.15, 0.2) is 22.7 Å². The van der Waals surface area contributed by atoms with Crippen molar-refractivity contribution >= 4 is 15.9 Å². The Morgan fingerprint density at radius 3 is 2.48 bits per heavy atom. The molecule has 1 aliphatic carbocycles. The number of rotatable bonds is 3. The van der Waals surface area contributed by atoms with E-state index in [1.54, 1.807) is 12.1 Å². The van der Waals surface area contributed by atoms with Gasteiger partial charge in [0, 0.05) is 36.7 Å². The van der Waals surface area contributed by atoms with Crippen LogP contribution in [0, 0.1) is 11.7 Å². The highest BCUT2D eigenvalue weighted by molar-refractivity contribution is 9.10. The van der Waals surface area contributed by atoms with E-state index < -0.39 is 0 Å². The maximum Gasteiger partial charge on any atom is 0.124 e. The van der Waals surface area contributed by atoms with Crippen LogP contribution < -0.4 is 5.32 Å². The van der Waals surface area contributed by atoms with Crippen molar-refractivity contribution < 1.29 is 4.39 Å². The zero-order valence-electron chi connectivity index (χ0n) is 12.5. The van der Waals surface area contributed by atoms with E-state index in [9.17, 15) is 4.39 Å². The molecule has 2 fully saturated rings. The first-order chi connectivity index (χ1) is 10.2. The van der Waals surface area contributed by atoms with Gasteiger partial charge in [-0.05, 0) is 42.5 Å². The van der Waals surface area contributed by atoms with Gasteiger partial charge in [0.15, 0.2) is 0 Å². The summed E-state index contributed by atoms with van der Waals surface area (Å²) in [5.74, 6) is 0.542. The van der Waals surface area contributed by atoms with Gasteiger partial charge in [-0.25, -0.2) is 4.39 Å². The van der Waals surface area contributed by atoms with Crippen molar-refractivity contribution in [1.82, 2.24) is 10.2 Å². The molecule has 0 unspecified atom stereocenters. The minimum absolute atomic E-state index is 0.129. The van der Waals surface area contributed by atoms with Gasteiger partial charge in [-0.15, -0.1) is 0 Å². The number of hydrogen-bond donors (Lipinski definition) is 1. The van der Waals surface area contributed by atoms with Gasteiger partial charge in [0.1, 0.15) is 5.82 Å². The summed E-state index contributed by atoms with van der Waals surface area (Å²) in [6.45, 7) is 4.21. The summed E-state index contributed by atoms with van der Waals surface area (Å²) < 4.78 is 14.7. The van der Waals surface area contributed by atoms with Crippen molar-refractivity contribution in [2.75, 3.05) is 26.2 Å². The summed E-state index contributed by atoms with van der Waals surface area (Å²) in [7, 11) is 0. The first-order valence-electron chi connectivity index (χ1n) is 8.15. The van der Waals surface area contributed by atoms with E-state index in [4.69, 9.17) is 0 Å². The number of piperazine rings is 1. The van der Waals surface area contributed by atoms with Crippen molar-refractivity contribution in [3.63, 3.8) is 0 Å². The molecule has 0 radical (unpaired) electrons. The Hall–Kier alpha value is -0.450. The van der Waals surface area contributed by atoms with Crippen LogP contribution in [0.4, 0.5) is 4.39 Å². The quantitative estimate of drug-likeness (QED) is 0.878. The standard InChI is InChI=1S/C17H24BrFN2/c18-15-10-14(11-16(19)12-15)17(13-4-2-1-3-5-13)21-8-6-20-7-9-21/h10-13,17,20H,1-9H2/t17-/m0/s1. The molecule has 1 aromatic carbocycles. The molecule has 0 aromatic heterocycles. The predicted molar refractivity (Wildman–Crippen MR) is 87.9 cm³/mol. The molecule has 0 amide bonds. The van der Waals surface area contributed by atoms with Crippen LogP contribution >= 0.6 is 15.9 Å². The Balaban J connectivity index is 1.89. The molecule has 1 saturated carbocycles. The lowest BCUT2D eigenvalue weighted by Gasteiger charge is -2.41. The molecule has 0 bridgehead atoms. The van der Waals surface area contributed by atoms with Gasteiger partial charge >= 0.3 is 0 Å². The first-order valence-corrected chi connectivity index (χ1v) is 8.94. The molecule has 1 aromatic rings. The molecule has 21 heavy (non-hydrogen) atoms. The van der Waals surface area contributed by atoms with Crippen LogP contribution in [0.25, 0.3) is 0 Å². The molecule has 2 nitrogen and oxygen atoms in total. The molecule has 116 valence electrons. The molecule has 0 spiro atoms. The largest absolute Gasteiger partial charge is 0.314 e. The summed E-state index contributed by atoms with van der Waals surface area (Å²) in [5.41, 5.74) is 1.15. The Bertz CT molecular complexity index is 430. The molecule has 1 heterocycles. The topological polar surface area (TPSA) is 15.3 Å². The Labute approximate surface area is 135 Å². The number of nitrogens with zero attached hydrogens (tertiary/aromatic N) is 1. The molecule has 1 saturated heterocycles. The lowest BCUT2D eigenvalue weighted by atomic mass is 9.80. The molecule has 1 atom stereocenters. The van der Waals surface area contributed by atoms with Crippen LogP contribution in [0.2, 0.25) is 0 Å². The summed E-state index contributed by atoms with van der Waals surface area (Å²) in [4.78, 5) is 2.56. The molecular formula is C17H24BrFN2. The number of hydrogen-bond acceptors (Lipinski definition) is 2. The molecule has 2 aliphatic rings. The van der Waals surface area contributed by atoms with Gasteiger partial charge in [-0.1, -0.05) is 35.2 Å². The van der Waals surface area contributed by atoms with Gasteiger partial charge in [-0.2, -0.15) is 0 Å². The van der Waals surface area contributed by atoms with E-state index >= 15 is 0 Å². The van der Waals surface area contributed by atoms with Crippen LogP contribution in [0.3, 0.4) is 0 Å². The highest BCUT2D eigenvalue weighted by atomic mass is 79.9. The maximum absolute atomic E-state index is 13.9. The first kappa shape index (κ1) is 15.4. The van der Waals surface area contributed by atoms with Crippen LogP contribution in [0.1, 0.15) is 43.7 Å². The zero-order chi connectivity index (χ0) is 14.7. The second-order valence-corrected chi connectivity index (χ2v) is 7.25. The van der Waals surface area contributed by atoms with Gasteiger partial charge in [0.05, 0.1) is 0 Å². The van der Waals surface area contributed by atoms with E-state index in [0.717, 1.165) is 36.2 Å². The summed E-state index contributed by atoms with van der Waals surface area (Å²) >= 11 is 3.46. The van der Waals surface area contributed by atoms with Crippen molar-refractivity contribution in [3.05, 3.63) is 34.1 Å². The Morgan fingerprint density at radius 1 is 1.10 bits per heavy atom. The molecule has 1 N–H and O–H groups in total. The van der Waals surface area contributed by atoms with E-state index in [2.05, 4.69) is 32.2 Å². The van der Waals surface area contributed by atoms with Gasteiger partial charge < -0.3 is 5.32 Å². The highest BCUT2D eigenvalue weighted by Gasteiger charge is 2.31. The lowest BCUT2D eigenvalue weighted by molar-refractivity contribution is 0.103. The predicted octanol–water partition coefficient (Wildman–Crippen LogP) is 4.11. The highest BCUT2D eigenvalue weighted by Crippen LogP contribution is 2.39. The maximum atomic E-state index is 13.9. The summed E-state index contributed by atoms with van der Waals surface area (Å²) in [5, 5.41) is 3.42. The van der Waals surface area contributed by atoms with Crippen molar-refractivity contribution in [3.8, 4) is 0 Å². The molecule has 4 heteroatoms. The molecular weight excluding hydrogens is 331 g/mol. The average molecular weight is 355 g/mol. The second-order valence-electron chi connectivity index (χ2n) is 6.33. The third-order valence-electron chi connectivity index (χ3n) is 4.87. The average Bonchev–Trinajstić information content (AvgIpc) is 2.49. The van der Waals surface area contributed by atoms with E-state index in [0.29, 0.717) is 12.0 Å². The fourth-order valence-corrected chi connectivity index (χ4v) is 4.42. The minimum Gasteiger partial charge on any atom is -0.314 e. The fraction of sp³-hybridized carbons (Fsp3) is 0.647. The van der Waals surface area contributed by atoms with Crippen LogP contribution in [-0.4, -0.2) is 31.1 Å². The molecule has 3 rings (SSSR count). The number of halogens is 2. The Kier molecular flexibility index (Phi) is 5.30. The minimum atomic E-state index is -0.129. The van der Waals surface area contributed by atoms with E-state index in [-0.39, 0.29) is 5.82 Å².